The molecule has 15 heavy (non-hydrogen) atoms. The fourth-order valence-electron chi connectivity index (χ4n) is 1.77. The third-order valence-corrected chi connectivity index (χ3v) is 3.10. The molecule has 1 rings (SSSR count). The van der Waals surface area contributed by atoms with Crippen molar-refractivity contribution in [1.82, 2.24) is 4.90 Å². The summed E-state index contributed by atoms with van der Waals surface area (Å²) in [6.45, 7) is 4.90. The van der Waals surface area contributed by atoms with Crippen LogP contribution in [0.4, 0.5) is 0 Å². The molecule has 0 aromatic carbocycles. The van der Waals surface area contributed by atoms with Gasteiger partial charge in [-0.2, -0.15) is 0 Å². The SMILES string of the molecule is CCOC(CN(C)C(C)C1CC1)C(=O)O. The maximum absolute atomic E-state index is 10.9. The van der Waals surface area contributed by atoms with E-state index in [0.717, 1.165) is 5.92 Å². The Morgan fingerprint density at radius 3 is 2.60 bits per heavy atom. The molecule has 1 fully saturated rings. The van der Waals surface area contributed by atoms with Crippen LogP contribution < -0.4 is 0 Å². The van der Waals surface area contributed by atoms with Crippen molar-refractivity contribution in [1.29, 1.82) is 0 Å². The summed E-state index contributed by atoms with van der Waals surface area (Å²) in [6, 6.07) is 0.465. The van der Waals surface area contributed by atoms with Crippen molar-refractivity contribution >= 4 is 5.97 Å². The zero-order valence-corrected chi connectivity index (χ0v) is 9.77. The van der Waals surface area contributed by atoms with Crippen molar-refractivity contribution in [2.24, 2.45) is 5.92 Å². The Bertz CT molecular complexity index is 216. The number of likely N-dealkylation sites (N-methyl/N-ethyl adjacent to an activating group) is 1. The summed E-state index contributed by atoms with van der Waals surface area (Å²) in [5.41, 5.74) is 0. The number of ether oxygens (including phenoxy) is 1. The molecule has 2 atom stereocenters. The van der Waals surface area contributed by atoms with Crippen molar-refractivity contribution in [3.05, 3.63) is 0 Å². The number of aliphatic carboxylic acids is 1. The Hall–Kier alpha value is -0.610. The first kappa shape index (κ1) is 12.5. The molecular weight excluding hydrogens is 194 g/mol. The molecular formula is C11H21NO3. The Balaban J connectivity index is 2.38. The monoisotopic (exact) mass is 215 g/mol. The van der Waals surface area contributed by atoms with Gasteiger partial charge in [0.2, 0.25) is 0 Å². The number of carbonyl (C=O) groups is 1. The first-order valence-electron chi connectivity index (χ1n) is 5.60. The highest BCUT2D eigenvalue weighted by atomic mass is 16.5. The molecule has 0 saturated heterocycles. The van der Waals surface area contributed by atoms with Crippen molar-refractivity contribution in [3.63, 3.8) is 0 Å². The largest absolute Gasteiger partial charge is 0.479 e. The van der Waals surface area contributed by atoms with Crippen LogP contribution in [0.1, 0.15) is 26.7 Å². The van der Waals surface area contributed by atoms with E-state index >= 15 is 0 Å². The fraction of sp³-hybridized carbons (Fsp3) is 0.909. The second-order valence-corrected chi connectivity index (χ2v) is 4.30. The maximum Gasteiger partial charge on any atom is 0.334 e. The van der Waals surface area contributed by atoms with E-state index in [1.807, 2.05) is 14.0 Å². The number of carboxylic acids is 1. The molecule has 4 nitrogen and oxygen atoms in total. The third kappa shape index (κ3) is 3.80. The van der Waals surface area contributed by atoms with Crippen LogP contribution in [0.25, 0.3) is 0 Å². The summed E-state index contributed by atoms with van der Waals surface area (Å²) in [5.74, 6) is -0.113. The highest BCUT2D eigenvalue weighted by Crippen LogP contribution is 2.34. The van der Waals surface area contributed by atoms with Gasteiger partial charge in [-0.3, -0.25) is 0 Å². The molecule has 1 aliphatic rings. The van der Waals surface area contributed by atoms with Gasteiger partial charge in [-0.1, -0.05) is 0 Å². The molecule has 4 heteroatoms. The lowest BCUT2D eigenvalue weighted by Gasteiger charge is -2.27. The van der Waals surface area contributed by atoms with E-state index in [1.165, 1.54) is 12.8 Å². The van der Waals surface area contributed by atoms with Crippen molar-refractivity contribution < 1.29 is 14.6 Å². The smallest absolute Gasteiger partial charge is 0.334 e. The van der Waals surface area contributed by atoms with Crippen molar-refractivity contribution in [3.8, 4) is 0 Å². The maximum atomic E-state index is 10.9. The number of rotatable bonds is 7. The second-order valence-electron chi connectivity index (χ2n) is 4.30. The fourth-order valence-corrected chi connectivity index (χ4v) is 1.77. The molecule has 1 aliphatic carbocycles. The van der Waals surface area contributed by atoms with Gasteiger partial charge >= 0.3 is 5.97 Å². The Labute approximate surface area is 91.2 Å². The van der Waals surface area contributed by atoms with Gasteiger partial charge < -0.3 is 14.7 Å². The molecule has 1 N–H and O–H groups in total. The van der Waals surface area contributed by atoms with Crippen LogP contribution in [0.3, 0.4) is 0 Å². The molecule has 0 spiro atoms. The molecule has 0 radical (unpaired) electrons. The van der Waals surface area contributed by atoms with Crippen molar-refractivity contribution in [2.75, 3.05) is 20.2 Å². The third-order valence-electron chi connectivity index (χ3n) is 3.10. The average Bonchev–Trinajstić information content (AvgIpc) is 2.98. The van der Waals surface area contributed by atoms with Gasteiger partial charge in [-0.25, -0.2) is 4.79 Å². The zero-order valence-electron chi connectivity index (χ0n) is 9.77. The Morgan fingerprint density at radius 1 is 1.60 bits per heavy atom. The van der Waals surface area contributed by atoms with Gasteiger partial charge in [0.05, 0.1) is 0 Å². The molecule has 0 aromatic heterocycles. The second kappa shape index (κ2) is 5.47. The lowest BCUT2D eigenvalue weighted by molar-refractivity contribution is -0.151. The van der Waals surface area contributed by atoms with E-state index < -0.39 is 12.1 Å². The molecule has 0 aliphatic heterocycles. The summed E-state index contributed by atoms with van der Waals surface area (Å²) in [7, 11) is 1.97. The van der Waals surface area contributed by atoms with E-state index in [0.29, 0.717) is 19.2 Å². The average molecular weight is 215 g/mol. The van der Waals surface area contributed by atoms with E-state index in [1.54, 1.807) is 0 Å². The van der Waals surface area contributed by atoms with E-state index in [9.17, 15) is 4.79 Å². The highest BCUT2D eigenvalue weighted by molar-refractivity contribution is 5.72. The Morgan fingerprint density at radius 2 is 2.20 bits per heavy atom. The topological polar surface area (TPSA) is 49.8 Å². The number of hydrogen-bond acceptors (Lipinski definition) is 3. The summed E-state index contributed by atoms with van der Waals surface area (Å²) in [6.07, 6.45) is 1.86. The predicted octanol–water partition coefficient (Wildman–Crippen LogP) is 1.21. The number of hydrogen-bond donors (Lipinski definition) is 1. The lowest BCUT2D eigenvalue weighted by Crippen LogP contribution is -2.41. The molecule has 0 aromatic rings. The van der Waals surface area contributed by atoms with Crippen molar-refractivity contribution in [2.45, 2.75) is 38.8 Å². The van der Waals surface area contributed by atoms with Crippen LogP contribution in [0, 0.1) is 5.92 Å². The molecule has 0 bridgehead atoms. The number of carboxylic acid groups (broad SMARTS) is 1. The summed E-state index contributed by atoms with van der Waals surface area (Å²) < 4.78 is 5.18. The predicted molar refractivity (Wildman–Crippen MR) is 57.9 cm³/mol. The minimum absolute atomic E-state index is 0.447. The molecule has 0 amide bonds. The zero-order chi connectivity index (χ0) is 11.4. The minimum Gasteiger partial charge on any atom is -0.479 e. The lowest BCUT2D eigenvalue weighted by atomic mass is 10.2. The Kier molecular flexibility index (Phi) is 4.54. The van der Waals surface area contributed by atoms with Gasteiger partial charge in [-0.05, 0) is 39.7 Å². The molecule has 2 unspecified atom stereocenters. The summed E-state index contributed by atoms with van der Waals surface area (Å²) in [4.78, 5) is 13.0. The normalized spacial score (nSPS) is 20.3. The summed E-state index contributed by atoms with van der Waals surface area (Å²) >= 11 is 0. The van der Waals surface area contributed by atoms with Gasteiger partial charge in [0.15, 0.2) is 6.10 Å². The quantitative estimate of drug-likeness (QED) is 0.693. The van der Waals surface area contributed by atoms with Gasteiger partial charge in [0.1, 0.15) is 0 Å². The van der Waals surface area contributed by atoms with Gasteiger partial charge in [0.25, 0.3) is 0 Å². The first-order valence-corrected chi connectivity index (χ1v) is 5.60. The minimum atomic E-state index is -0.869. The van der Waals surface area contributed by atoms with Crippen LogP contribution in [0.2, 0.25) is 0 Å². The van der Waals surface area contributed by atoms with Gasteiger partial charge in [-0.15, -0.1) is 0 Å². The van der Waals surface area contributed by atoms with E-state index in [4.69, 9.17) is 9.84 Å². The molecule has 1 saturated carbocycles. The van der Waals surface area contributed by atoms with Crippen LogP contribution in [0.5, 0.6) is 0 Å². The van der Waals surface area contributed by atoms with Crippen LogP contribution in [-0.4, -0.2) is 48.3 Å². The highest BCUT2D eigenvalue weighted by Gasteiger charge is 2.32. The summed E-state index contributed by atoms with van der Waals surface area (Å²) in [5, 5.41) is 8.94. The first-order chi connectivity index (χ1) is 7.06. The van der Waals surface area contributed by atoms with Crippen LogP contribution >= 0.6 is 0 Å². The molecule has 0 heterocycles. The van der Waals surface area contributed by atoms with Crippen LogP contribution in [0.15, 0.2) is 0 Å². The van der Waals surface area contributed by atoms with E-state index in [-0.39, 0.29) is 0 Å². The molecule has 88 valence electrons. The standard InChI is InChI=1S/C11H21NO3/c1-4-15-10(11(13)14)7-12(3)8(2)9-5-6-9/h8-10H,4-7H2,1-3H3,(H,13,14). The number of nitrogens with zero attached hydrogens (tertiary/aromatic N) is 1. The van der Waals surface area contributed by atoms with E-state index in [2.05, 4.69) is 11.8 Å². The van der Waals surface area contributed by atoms with Gasteiger partial charge in [0, 0.05) is 19.2 Å². The van der Waals surface area contributed by atoms with Crippen LogP contribution in [-0.2, 0) is 9.53 Å².